The first kappa shape index (κ1) is 18.5. The van der Waals surface area contributed by atoms with Gasteiger partial charge in [0.25, 0.3) is 0 Å². The van der Waals surface area contributed by atoms with E-state index in [4.69, 9.17) is 9.47 Å². The van der Waals surface area contributed by atoms with Crippen LogP contribution in [0.5, 0.6) is 5.75 Å². The quantitative estimate of drug-likeness (QED) is 0.676. The highest BCUT2D eigenvalue weighted by Gasteiger charge is 2.09. The average Bonchev–Trinajstić information content (AvgIpc) is 2.61. The van der Waals surface area contributed by atoms with E-state index in [0.29, 0.717) is 19.7 Å². The van der Waals surface area contributed by atoms with E-state index in [0.717, 1.165) is 57.0 Å². The van der Waals surface area contributed by atoms with E-state index < -0.39 is 0 Å². The van der Waals surface area contributed by atoms with Gasteiger partial charge in [0.05, 0.1) is 19.8 Å². The Labute approximate surface area is 144 Å². The Balaban J connectivity index is 1.44. The summed E-state index contributed by atoms with van der Waals surface area (Å²) in [6.07, 6.45) is 1.75. The Morgan fingerprint density at radius 2 is 1.88 bits per heavy atom. The topological polar surface area (TPSA) is 62.8 Å². The Bertz CT molecular complexity index is 490. The van der Waals surface area contributed by atoms with Crippen molar-refractivity contribution in [2.75, 3.05) is 52.5 Å². The molecule has 0 bridgehead atoms. The number of hydrogen-bond acceptors (Lipinski definition) is 4. The van der Waals surface area contributed by atoms with Crippen LogP contribution in [0.2, 0.25) is 0 Å². The molecule has 0 aliphatic carbocycles. The molecule has 2 N–H and O–H groups in total. The van der Waals surface area contributed by atoms with Crippen LogP contribution in [0.1, 0.15) is 18.4 Å². The Hall–Kier alpha value is -1.79. The van der Waals surface area contributed by atoms with Crippen LogP contribution in [-0.2, 0) is 4.74 Å². The number of para-hydroxylation sites is 1. The summed E-state index contributed by atoms with van der Waals surface area (Å²) in [5.74, 6) is 0.907. The van der Waals surface area contributed by atoms with E-state index in [2.05, 4.69) is 15.5 Å². The van der Waals surface area contributed by atoms with Crippen molar-refractivity contribution >= 4 is 6.03 Å². The summed E-state index contributed by atoms with van der Waals surface area (Å²) < 4.78 is 11.0. The molecule has 134 valence electrons. The number of amides is 2. The maximum Gasteiger partial charge on any atom is 0.314 e. The lowest BCUT2D eigenvalue weighted by molar-refractivity contribution is 0.0375. The van der Waals surface area contributed by atoms with Crippen LogP contribution in [-0.4, -0.2) is 63.5 Å². The number of morpholine rings is 1. The van der Waals surface area contributed by atoms with Gasteiger partial charge in [0, 0.05) is 26.2 Å². The normalized spacial score (nSPS) is 15.0. The molecule has 0 spiro atoms. The fraction of sp³-hybridized carbons (Fsp3) is 0.611. The Morgan fingerprint density at radius 3 is 2.62 bits per heavy atom. The third-order valence-electron chi connectivity index (χ3n) is 4.00. The van der Waals surface area contributed by atoms with Crippen molar-refractivity contribution in [3.05, 3.63) is 29.8 Å². The molecule has 2 rings (SSSR count). The lowest BCUT2D eigenvalue weighted by Gasteiger charge is -2.26. The maximum absolute atomic E-state index is 11.7. The summed E-state index contributed by atoms with van der Waals surface area (Å²) in [5.41, 5.74) is 1.13. The van der Waals surface area contributed by atoms with Gasteiger partial charge in [-0.1, -0.05) is 18.2 Å². The lowest BCUT2D eigenvalue weighted by atomic mass is 10.2. The summed E-state index contributed by atoms with van der Waals surface area (Å²) in [5, 5.41) is 5.75. The van der Waals surface area contributed by atoms with Crippen molar-refractivity contribution in [1.29, 1.82) is 0 Å². The van der Waals surface area contributed by atoms with E-state index in [1.54, 1.807) is 0 Å². The molecule has 6 nitrogen and oxygen atoms in total. The van der Waals surface area contributed by atoms with Crippen LogP contribution in [0.25, 0.3) is 0 Å². The molecule has 0 atom stereocenters. The van der Waals surface area contributed by atoms with Crippen molar-refractivity contribution in [1.82, 2.24) is 15.5 Å². The number of carbonyl (C=O) groups excluding carboxylic acids is 1. The fourth-order valence-electron chi connectivity index (χ4n) is 2.57. The first-order chi connectivity index (χ1) is 11.8. The SMILES string of the molecule is Cc1ccccc1OCCCNC(=O)NCCCN1CCOCC1. The highest BCUT2D eigenvalue weighted by Crippen LogP contribution is 2.15. The molecular formula is C18H29N3O3. The molecule has 1 aliphatic rings. The number of carbonyl (C=O) groups is 1. The second-order valence-electron chi connectivity index (χ2n) is 5.96. The number of rotatable bonds is 9. The smallest absolute Gasteiger partial charge is 0.314 e. The van der Waals surface area contributed by atoms with Gasteiger partial charge in [-0.05, 0) is 37.9 Å². The number of urea groups is 1. The van der Waals surface area contributed by atoms with E-state index in [-0.39, 0.29) is 6.03 Å². The predicted octanol–water partition coefficient (Wildman–Crippen LogP) is 1.79. The second-order valence-corrected chi connectivity index (χ2v) is 5.96. The molecule has 1 aliphatic heterocycles. The van der Waals surface area contributed by atoms with Crippen LogP contribution >= 0.6 is 0 Å². The summed E-state index contributed by atoms with van der Waals surface area (Å²) in [6, 6.07) is 7.84. The zero-order valence-corrected chi connectivity index (χ0v) is 14.6. The predicted molar refractivity (Wildman–Crippen MR) is 94.6 cm³/mol. The number of benzene rings is 1. The number of hydrogen-bond donors (Lipinski definition) is 2. The number of aryl methyl sites for hydroxylation is 1. The Kier molecular flexibility index (Phi) is 8.41. The largest absolute Gasteiger partial charge is 0.493 e. The van der Waals surface area contributed by atoms with Crippen molar-refractivity contribution in [2.45, 2.75) is 19.8 Å². The van der Waals surface area contributed by atoms with Gasteiger partial charge in [-0.2, -0.15) is 0 Å². The van der Waals surface area contributed by atoms with Gasteiger partial charge in [0.15, 0.2) is 0 Å². The summed E-state index contributed by atoms with van der Waals surface area (Å²) in [7, 11) is 0. The van der Waals surface area contributed by atoms with Gasteiger partial charge in [0.2, 0.25) is 0 Å². The third kappa shape index (κ3) is 7.19. The van der Waals surface area contributed by atoms with Crippen molar-refractivity contribution < 1.29 is 14.3 Å². The standard InChI is InChI=1S/C18H29N3O3/c1-16-6-2-3-7-17(16)24-13-5-9-20-18(22)19-8-4-10-21-11-14-23-15-12-21/h2-3,6-7H,4-5,8-15H2,1H3,(H2,19,20,22). The molecule has 1 heterocycles. The van der Waals surface area contributed by atoms with Crippen LogP contribution < -0.4 is 15.4 Å². The molecule has 2 amide bonds. The van der Waals surface area contributed by atoms with Crippen LogP contribution in [0.4, 0.5) is 4.79 Å². The molecule has 6 heteroatoms. The highest BCUT2D eigenvalue weighted by atomic mass is 16.5. The molecule has 0 aromatic heterocycles. The van der Waals surface area contributed by atoms with Crippen molar-refractivity contribution in [2.24, 2.45) is 0 Å². The van der Waals surface area contributed by atoms with Gasteiger partial charge in [0.1, 0.15) is 5.75 Å². The zero-order valence-electron chi connectivity index (χ0n) is 14.6. The number of nitrogens with one attached hydrogen (secondary N) is 2. The maximum atomic E-state index is 11.7. The molecule has 0 unspecified atom stereocenters. The van der Waals surface area contributed by atoms with E-state index in [9.17, 15) is 4.79 Å². The molecule has 0 radical (unpaired) electrons. The van der Waals surface area contributed by atoms with Crippen LogP contribution in [0.3, 0.4) is 0 Å². The molecule has 1 aromatic rings. The number of nitrogens with zero attached hydrogens (tertiary/aromatic N) is 1. The summed E-state index contributed by atoms with van der Waals surface area (Å²) >= 11 is 0. The molecule has 1 aromatic carbocycles. The monoisotopic (exact) mass is 335 g/mol. The zero-order chi connectivity index (χ0) is 17.0. The second kappa shape index (κ2) is 10.9. The first-order valence-electron chi connectivity index (χ1n) is 8.76. The highest BCUT2D eigenvalue weighted by molar-refractivity contribution is 5.73. The minimum absolute atomic E-state index is 0.104. The molecule has 1 fully saturated rings. The summed E-state index contributed by atoms with van der Waals surface area (Å²) in [6.45, 7) is 8.56. The molecular weight excluding hydrogens is 306 g/mol. The van der Waals surface area contributed by atoms with Gasteiger partial charge >= 0.3 is 6.03 Å². The van der Waals surface area contributed by atoms with Crippen LogP contribution in [0, 0.1) is 6.92 Å². The van der Waals surface area contributed by atoms with Crippen molar-refractivity contribution in [3.8, 4) is 5.75 Å². The van der Waals surface area contributed by atoms with Gasteiger partial charge in [-0.25, -0.2) is 4.79 Å². The molecule has 24 heavy (non-hydrogen) atoms. The van der Waals surface area contributed by atoms with Gasteiger partial charge in [-0.15, -0.1) is 0 Å². The molecule has 0 saturated carbocycles. The van der Waals surface area contributed by atoms with E-state index in [1.807, 2.05) is 31.2 Å². The lowest BCUT2D eigenvalue weighted by Crippen LogP contribution is -2.40. The van der Waals surface area contributed by atoms with Gasteiger partial charge < -0.3 is 20.1 Å². The average molecular weight is 335 g/mol. The number of ether oxygens (including phenoxy) is 2. The minimum Gasteiger partial charge on any atom is -0.493 e. The van der Waals surface area contributed by atoms with E-state index in [1.165, 1.54) is 0 Å². The fourth-order valence-corrected chi connectivity index (χ4v) is 2.57. The van der Waals surface area contributed by atoms with E-state index >= 15 is 0 Å². The van der Waals surface area contributed by atoms with Crippen LogP contribution in [0.15, 0.2) is 24.3 Å². The minimum atomic E-state index is -0.104. The Morgan fingerprint density at radius 1 is 1.17 bits per heavy atom. The van der Waals surface area contributed by atoms with Crippen molar-refractivity contribution in [3.63, 3.8) is 0 Å². The summed E-state index contributed by atoms with van der Waals surface area (Å²) in [4.78, 5) is 14.1. The first-order valence-corrected chi connectivity index (χ1v) is 8.76. The third-order valence-corrected chi connectivity index (χ3v) is 4.00. The molecule has 1 saturated heterocycles. The van der Waals surface area contributed by atoms with Gasteiger partial charge in [-0.3, -0.25) is 4.90 Å².